The molecule has 5 heteroatoms. The molecule has 1 fully saturated rings. The maximum absolute atomic E-state index is 14.1. The molecule has 0 spiro atoms. The first-order valence-electron chi connectivity index (χ1n) is 7.41. The van der Waals surface area contributed by atoms with Gasteiger partial charge in [-0.15, -0.1) is 0 Å². The van der Waals surface area contributed by atoms with Crippen LogP contribution in [0.2, 0.25) is 0 Å². The number of rotatable bonds is 9. The molecule has 21 heavy (non-hydrogen) atoms. The molecule has 118 valence electrons. The first-order chi connectivity index (χ1) is 10.2. The number of methoxy groups -OCH3 is 2. The molecule has 1 aromatic carbocycles. The fourth-order valence-corrected chi connectivity index (χ4v) is 2.23. The molecule has 0 aromatic heterocycles. The van der Waals surface area contributed by atoms with Gasteiger partial charge in [-0.2, -0.15) is 0 Å². The first-order valence-corrected chi connectivity index (χ1v) is 7.41. The van der Waals surface area contributed by atoms with E-state index in [0.717, 1.165) is 12.0 Å². The van der Waals surface area contributed by atoms with E-state index < -0.39 is 0 Å². The molecule has 0 heterocycles. The van der Waals surface area contributed by atoms with Crippen molar-refractivity contribution in [2.75, 3.05) is 27.4 Å². The summed E-state index contributed by atoms with van der Waals surface area (Å²) in [5.74, 6) is 0.226. The number of ether oxygens (including phenoxy) is 3. The van der Waals surface area contributed by atoms with Gasteiger partial charge in [0.25, 0.3) is 0 Å². The minimum atomic E-state index is -0.388. The van der Waals surface area contributed by atoms with Gasteiger partial charge in [0.15, 0.2) is 17.3 Å². The molecule has 0 bridgehead atoms. The zero-order chi connectivity index (χ0) is 15.2. The summed E-state index contributed by atoms with van der Waals surface area (Å²) in [6, 6.07) is 4.03. The minimum absolute atomic E-state index is 0.0965. The highest BCUT2D eigenvalue weighted by molar-refractivity contribution is 5.45. The monoisotopic (exact) mass is 297 g/mol. The number of hydrogen-bond donors (Lipinski definition) is 1. The zero-order valence-corrected chi connectivity index (χ0v) is 12.9. The van der Waals surface area contributed by atoms with E-state index >= 15 is 0 Å². The van der Waals surface area contributed by atoms with Crippen molar-refractivity contribution < 1.29 is 18.6 Å². The normalized spacial score (nSPS) is 15.8. The van der Waals surface area contributed by atoms with Crippen molar-refractivity contribution in [2.24, 2.45) is 0 Å². The lowest BCUT2D eigenvalue weighted by Gasteiger charge is -2.18. The summed E-state index contributed by atoms with van der Waals surface area (Å²) in [6.45, 7) is 3.12. The summed E-state index contributed by atoms with van der Waals surface area (Å²) >= 11 is 0. The number of halogens is 1. The fraction of sp³-hybridized carbons (Fsp3) is 0.625. The lowest BCUT2D eigenvalue weighted by molar-refractivity contribution is 0.170. The van der Waals surface area contributed by atoms with Crippen LogP contribution in [-0.4, -0.2) is 33.5 Å². The maximum atomic E-state index is 14.1. The molecule has 1 unspecified atom stereocenters. The van der Waals surface area contributed by atoms with Crippen LogP contribution in [0.15, 0.2) is 12.1 Å². The third-order valence-electron chi connectivity index (χ3n) is 3.55. The average molecular weight is 297 g/mol. The first kappa shape index (κ1) is 16.0. The number of benzene rings is 1. The quantitative estimate of drug-likeness (QED) is 0.711. The van der Waals surface area contributed by atoms with Crippen LogP contribution < -0.4 is 14.8 Å². The Morgan fingerprint density at radius 3 is 2.67 bits per heavy atom. The molecule has 0 amide bonds. The summed E-state index contributed by atoms with van der Waals surface area (Å²) in [4.78, 5) is 0. The Balaban J connectivity index is 2.09. The molecule has 1 atom stereocenters. The van der Waals surface area contributed by atoms with Crippen LogP contribution in [0.3, 0.4) is 0 Å². The zero-order valence-electron chi connectivity index (χ0n) is 12.9. The summed E-state index contributed by atoms with van der Waals surface area (Å²) < 4.78 is 29.9. The standard InChI is InChI=1S/C16H24FNO3/c1-11(18-13-5-6-13)12-9-14(17)16(20-3)15(10-12)21-8-4-7-19-2/h9-11,13,18H,4-8H2,1-3H3. The van der Waals surface area contributed by atoms with Crippen molar-refractivity contribution in [3.63, 3.8) is 0 Å². The third-order valence-corrected chi connectivity index (χ3v) is 3.55. The van der Waals surface area contributed by atoms with Crippen molar-refractivity contribution in [1.29, 1.82) is 0 Å². The van der Waals surface area contributed by atoms with Gasteiger partial charge in [0, 0.05) is 32.2 Å². The van der Waals surface area contributed by atoms with E-state index in [1.807, 2.05) is 13.0 Å². The molecule has 2 rings (SSSR count). The molecular formula is C16H24FNO3. The van der Waals surface area contributed by atoms with Crippen LogP contribution in [0.4, 0.5) is 4.39 Å². The van der Waals surface area contributed by atoms with Gasteiger partial charge in [0.05, 0.1) is 13.7 Å². The van der Waals surface area contributed by atoms with Gasteiger partial charge in [-0.1, -0.05) is 0 Å². The third kappa shape index (κ3) is 4.58. The van der Waals surface area contributed by atoms with Gasteiger partial charge >= 0.3 is 0 Å². The van der Waals surface area contributed by atoms with Crippen molar-refractivity contribution in [2.45, 2.75) is 38.3 Å². The number of hydrogen-bond acceptors (Lipinski definition) is 4. The second-order valence-electron chi connectivity index (χ2n) is 5.39. The smallest absolute Gasteiger partial charge is 0.196 e. The van der Waals surface area contributed by atoms with Crippen molar-refractivity contribution >= 4 is 0 Å². The summed E-state index contributed by atoms with van der Waals surface area (Å²) in [6.07, 6.45) is 3.15. The van der Waals surface area contributed by atoms with Gasteiger partial charge < -0.3 is 19.5 Å². The molecule has 0 radical (unpaired) electrons. The Labute approximate surface area is 125 Å². The Morgan fingerprint density at radius 1 is 1.29 bits per heavy atom. The molecule has 0 aliphatic heterocycles. The highest BCUT2D eigenvalue weighted by Gasteiger charge is 2.24. The van der Waals surface area contributed by atoms with Crippen molar-refractivity contribution in [3.8, 4) is 11.5 Å². The van der Waals surface area contributed by atoms with Crippen molar-refractivity contribution in [3.05, 3.63) is 23.5 Å². The van der Waals surface area contributed by atoms with Crippen molar-refractivity contribution in [1.82, 2.24) is 5.32 Å². The molecular weight excluding hydrogens is 273 g/mol. The SMILES string of the molecule is COCCCOc1cc(C(C)NC2CC2)cc(F)c1OC. The van der Waals surface area contributed by atoms with E-state index in [4.69, 9.17) is 14.2 Å². The van der Waals surface area contributed by atoms with E-state index in [1.165, 1.54) is 26.0 Å². The van der Waals surface area contributed by atoms with Crippen LogP contribution in [0.5, 0.6) is 11.5 Å². The van der Waals surface area contributed by atoms with Crippen LogP contribution >= 0.6 is 0 Å². The molecule has 1 N–H and O–H groups in total. The highest BCUT2D eigenvalue weighted by atomic mass is 19.1. The van der Waals surface area contributed by atoms with E-state index in [2.05, 4.69) is 5.32 Å². The van der Waals surface area contributed by atoms with E-state index in [9.17, 15) is 4.39 Å². The molecule has 1 saturated carbocycles. The van der Waals surface area contributed by atoms with E-state index in [1.54, 1.807) is 7.11 Å². The van der Waals surface area contributed by atoms with Gasteiger partial charge in [-0.25, -0.2) is 4.39 Å². The van der Waals surface area contributed by atoms with Crippen LogP contribution in [0.1, 0.15) is 37.8 Å². The summed E-state index contributed by atoms with van der Waals surface area (Å²) in [7, 11) is 3.10. The van der Waals surface area contributed by atoms with Gasteiger partial charge in [-0.05, 0) is 37.5 Å². The molecule has 1 aliphatic rings. The summed E-state index contributed by atoms with van der Waals surface area (Å²) in [5.41, 5.74) is 0.877. The maximum Gasteiger partial charge on any atom is 0.196 e. The Kier molecular flexibility index (Phi) is 5.82. The molecule has 0 saturated heterocycles. The minimum Gasteiger partial charge on any atom is -0.490 e. The van der Waals surface area contributed by atoms with Crippen LogP contribution in [0.25, 0.3) is 0 Å². The Morgan fingerprint density at radius 2 is 2.05 bits per heavy atom. The second-order valence-corrected chi connectivity index (χ2v) is 5.39. The Hall–Kier alpha value is -1.33. The fourth-order valence-electron chi connectivity index (χ4n) is 2.23. The lowest BCUT2D eigenvalue weighted by Crippen LogP contribution is -2.21. The largest absolute Gasteiger partial charge is 0.490 e. The van der Waals surface area contributed by atoms with Gasteiger partial charge in [0.2, 0.25) is 0 Å². The van der Waals surface area contributed by atoms with Crippen LogP contribution in [0, 0.1) is 5.82 Å². The molecule has 4 nitrogen and oxygen atoms in total. The highest BCUT2D eigenvalue weighted by Crippen LogP contribution is 2.34. The second kappa shape index (κ2) is 7.61. The lowest BCUT2D eigenvalue weighted by atomic mass is 10.1. The van der Waals surface area contributed by atoms with E-state index in [0.29, 0.717) is 25.0 Å². The molecule has 1 aromatic rings. The van der Waals surface area contributed by atoms with Crippen LogP contribution in [-0.2, 0) is 4.74 Å². The van der Waals surface area contributed by atoms with Gasteiger partial charge in [-0.3, -0.25) is 0 Å². The van der Waals surface area contributed by atoms with Gasteiger partial charge in [0.1, 0.15) is 0 Å². The predicted molar refractivity (Wildman–Crippen MR) is 79.5 cm³/mol. The summed E-state index contributed by atoms with van der Waals surface area (Å²) in [5, 5.41) is 3.46. The average Bonchev–Trinajstić information content (AvgIpc) is 3.27. The number of nitrogens with one attached hydrogen (secondary N) is 1. The molecule has 1 aliphatic carbocycles. The topological polar surface area (TPSA) is 39.7 Å². The predicted octanol–water partition coefficient (Wildman–Crippen LogP) is 3.06. The van der Waals surface area contributed by atoms with E-state index in [-0.39, 0.29) is 17.6 Å². The Bertz CT molecular complexity index is 463.